The van der Waals surface area contributed by atoms with E-state index >= 15 is 0 Å². The Morgan fingerprint density at radius 3 is 2.00 bits per heavy atom. The zero-order valence-electron chi connectivity index (χ0n) is 15.4. The fraction of sp³-hybridized carbons (Fsp3) is 0.381. The van der Waals surface area contributed by atoms with Gasteiger partial charge in [-0.25, -0.2) is 0 Å². The van der Waals surface area contributed by atoms with Crippen LogP contribution in [0.25, 0.3) is 0 Å². The summed E-state index contributed by atoms with van der Waals surface area (Å²) in [5.74, 6) is 1.05. The van der Waals surface area contributed by atoms with Crippen LogP contribution in [0.3, 0.4) is 0 Å². The Labute approximate surface area is 145 Å². The number of hydrogen-bond acceptors (Lipinski definition) is 2. The smallest absolute Gasteiger partial charge is 0.265 e. The SMILES string of the molecule is Cc1cc(C)c(NC(=O)[C@H](C)Oc2ccc(C(C)C)cc2)c(C)c1. The van der Waals surface area contributed by atoms with Gasteiger partial charge in [-0.1, -0.05) is 43.7 Å². The van der Waals surface area contributed by atoms with E-state index in [-0.39, 0.29) is 5.91 Å². The number of rotatable bonds is 5. The van der Waals surface area contributed by atoms with E-state index in [1.165, 1.54) is 11.1 Å². The fourth-order valence-electron chi connectivity index (χ4n) is 2.79. The van der Waals surface area contributed by atoms with Crippen molar-refractivity contribution in [1.29, 1.82) is 0 Å². The summed E-state index contributed by atoms with van der Waals surface area (Å²) < 4.78 is 5.77. The van der Waals surface area contributed by atoms with Gasteiger partial charge in [0, 0.05) is 5.69 Å². The molecule has 0 fully saturated rings. The quantitative estimate of drug-likeness (QED) is 0.826. The minimum absolute atomic E-state index is 0.141. The number of anilines is 1. The molecule has 0 aliphatic heterocycles. The summed E-state index contributed by atoms with van der Waals surface area (Å²) >= 11 is 0. The molecule has 3 nitrogen and oxygen atoms in total. The third-order valence-electron chi connectivity index (χ3n) is 4.15. The van der Waals surface area contributed by atoms with E-state index in [1.807, 2.05) is 38.1 Å². The molecule has 0 heterocycles. The van der Waals surface area contributed by atoms with Crippen molar-refractivity contribution in [3.8, 4) is 5.75 Å². The lowest BCUT2D eigenvalue weighted by Gasteiger charge is -2.18. The fourth-order valence-corrected chi connectivity index (χ4v) is 2.79. The van der Waals surface area contributed by atoms with Gasteiger partial charge in [-0.15, -0.1) is 0 Å². The third-order valence-corrected chi connectivity index (χ3v) is 4.15. The largest absolute Gasteiger partial charge is 0.481 e. The van der Waals surface area contributed by atoms with Gasteiger partial charge in [0.2, 0.25) is 0 Å². The van der Waals surface area contributed by atoms with Crippen LogP contribution >= 0.6 is 0 Å². The second kappa shape index (κ2) is 7.52. The first kappa shape index (κ1) is 18.1. The van der Waals surface area contributed by atoms with E-state index in [0.717, 1.165) is 16.8 Å². The Balaban J connectivity index is 2.05. The molecule has 0 bridgehead atoms. The Kier molecular flexibility index (Phi) is 5.66. The number of nitrogens with one attached hydrogen (secondary N) is 1. The molecular formula is C21H27NO2. The summed E-state index contributed by atoms with van der Waals surface area (Å²) in [5.41, 5.74) is 5.45. The minimum atomic E-state index is -0.560. The van der Waals surface area contributed by atoms with Gasteiger partial charge >= 0.3 is 0 Å². The Morgan fingerprint density at radius 1 is 0.958 bits per heavy atom. The monoisotopic (exact) mass is 325 g/mol. The van der Waals surface area contributed by atoms with Crippen LogP contribution < -0.4 is 10.1 Å². The van der Waals surface area contributed by atoms with E-state index in [2.05, 4.69) is 38.2 Å². The van der Waals surface area contributed by atoms with Crippen LogP contribution in [0.15, 0.2) is 36.4 Å². The molecule has 24 heavy (non-hydrogen) atoms. The molecule has 1 N–H and O–H groups in total. The molecule has 2 aromatic carbocycles. The van der Waals surface area contributed by atoms with E-state index in [9.17, 15) is 4.79 Å². The maximum Gasteiger partial charge on any atom is 0.265 e. The van der Waals surface area contributed by atoms with Crippen molar-refractivity contribution >= 4 is 11.6 Å². The second-order valence-corrected chi connectivity index (χ2v) is 6.75. The van der Waals surface area contributed by atoms with Crippen molar-refractivity contribution in [3.63, 3.8) is 0 Å². The summed E-state index contributed by atoms with van der Waals surface area (Å²) in [6.45, 7) is 12.1. The Hall–Kier alpha value is -2.29. The number of benzene rings is 2. The highest BCUT2D eigenvalue weighted by molar-refractivity contribution is 5.95. The lowest BCUT2D eigenvalue weighted by Crippen LogP contribution is -2.30. The third kappa shape index (κ3) is 4.38. The number of hydrogen-bond donors (Lipinski definition) is 1. The molecule has 1 atom stereocenters. The molecule has 2 aromatic rings. The predicted octanol–water partition coefficient (Wildman–Crippen LogP) is 5.14. The van der Waals surface area contributed by atoms with Crippen molar-refractivity contribution in [1.82, 2.24) is 0 Å². The average molecular weight is 325 g/mol. The van der Waals surface area contributed by atoms with Crippen molar-refractivity contribution < 1.29 is 9.53 Å². The van der Waals surface area contributed by atoms with E-state index in [4.69, 9.17) is 4.74 Å². The van der Waals surface area contributed by atoms with Gasteiger partial charge in [-0.2, -0.15) is 0 Å². The average Bonchev–Trinajstić information content (AvgIpc) is 2.51. The van der Waals surface area contributed by atoms with Crippen LogP contribution in [-0.4, -0.2) is 12.0 Å². The lowest BCUT2D eigenvalue weighted by molar-refractivity contribution is -0.122. The zero-order chi connectivity index (χ0) is 17.9. The van der Waals surface area contributed by atoms with Gasteiger partial charge in [0.15, 0.2) is 6.10 Å². The molecule has 0 saturated heterocycles. The topological polar surface area (TPSA) is 38.3 Å². The molecule has 0 saturated carbocycles. The van der Waals surface area contributed by atoms with Crippen molar-refractivity contribution in [2.75, 3.05) is 5.32 Å². The molecule has 0 spiro atoms. The highest BCUT2D eigenvalue weighted by Crippen LogP contribution is 2.23. The molecule has 0 unspecified atom stereocenters. The molecule has 0 radical (unpaired) electrons. The molecule has 0 aliphatic rings. The first-order chi connectivity index (χ1) is 11.3. The summed E-state index contributed by atoms with van der Waals surface area (Å²) in [6, 6.07) is 12.1. The maximum absolute atomic E-state index is 12.4. The summed E-state index contributed by atoms with van der Waals surface area (Å²) in [4.78, 5) is 12.4. The molecular weight excluding hydrogens is 298 g/mol. The van der Waals surface area contributed by atoms with E-state index in [0.29, 0.717) is 11.7 Å². The maximum atomic E-state index is 12.4. The minimum Gasteiger partial charge on any atom is -0.481 e. The summed E-state index contributed by atoms with van der Waals surface area (Å²) in [7, 11) is 0. The van der Waals surface area contributed by atoms with E-state index < -0.39 is 6.10 Å². The van der Waals surface area contributed by atoms with Gasteiger partial charge in [0.25, 0.3) is 5.91 Å². The van der Waals surface area contributed by atoms with Crippen LogP contribution in [0, 0.1) is 20.8 Å². The number of carbonyl (C=O) groups excluding carboxylic acids is 1. The van der Waals surface area contributed by atoms with Gasteiger partial charge in [0.1, 0.15) is 5.75 Å². The normalized spacial score (nSPS) is 12.1. The van der Waals surface area contributed by atoms with Crippen LogP contribution in [0.1, 0.15) is 48.9 Å². The Bertz CT molecular complexity index is 694. The molecule has 0 aromatic heterocycles. The highest BCUT2D eigenvalue weighted by atomic mass is 16.5. The summed E-state index contributed by atoms with van der Waals surface area (Å²) in [5, 5.41) is 2.99. The number of ether oxygens (including phenoxy) is 1. The molecule has 1 amide bonds. The molecule has 3 heteroatoms. The number of aryl methyl sites for hydroxylation is 3. The Morgan fingerprint density at radius 2 is 1.50 bits per heavy atom. The lowest BCUT2D eigenvalue weighted by atomic mass is 10.0. The van der Waals surface area contributed by atoms with Crippen molar-refractivity contribution in [3.05, 3.63) is 58.7 Å². The molecule has 0 aliphatic carbocycles. The van der Waals surface area contributed by atoms with Crippen LogP contribution in [0.5, 0.6) is 5.75 Å². The standard InChI is InChI=1S/C21H27NO2/c1-13(2)18-7-9-19(10-8-18)24-17(6)21(23)22-20-15(4)11-14(3)12-16(20)5/h7-13,17H,1-6H3,(H,22,23)/t17-/m0/s1. The summed E-state index contributed by atoms with van der Waals surface area (Å²) in [6.07, 6.45) is -0.560. The number of carbonyl (C=O) groups is 1. The van der Waals surface area contributed by atoms with Gasteiger partial charge < -0.3 is 10.1 Å². The van der Waals surface area contributed by atoms with Crippen molar-refractivity contribution in [2.45, 2.75) is 53.6 Å². The zero-order valence-corrected chi connectivity index (χ0v) is 15.4. The molecule has 128 valence electrons. The van der Waals surface area contributed by atoms with Gasteiger partial charge in [0.05, 0.1) is 0 Å². The van der Waals surface area contributed by atoms with Crippen LogP contribution in [0.4, 0.5) is 5.69 Å². The van der Waals surface area contributed by atoms with Crippen molar-refractivity contribution in [2.24, 2.45) is 0 Å². The van der Waals surface area contributed by atoms with Gasteiger partial charge in [-0.3, -0.25) is 4.79 Å². The number of amides is 1. The molecule has 2 rings (SSSR count). The van der Waals surface area contributed by atoms with E-state index in [1.54, 1.807) is 6.92 Å². The second-order valence-electron chi connectivity index (χ2n) is 6.75. The first-order valence-electron chi connectivity index (χ1n) is 8.43. The predicted molar refractivity (Wildman–Crippen MR) is 99.9 cm³/mol. The van der Waals surface area contributed by atoms with Crippen LogP contribution in [-0.2, 0) is 4.79 Å². The first-order valence-corrected chi connectivity index (χ1v) is 8.43. The highest BCUT2D eigenvalue weighted by Gasteiger charge is 2.17. The van der Waals surface area contributed by atoms with Gasteiger partial charge in [-0.05, 0) is 62.4 Å². The van der Waals surface area contributed by atoms with Crippen LogP contribution in [0.2, 0.25) is 0 Å².